The normalized spacial score (nSPS) is 12.3. The summed E-state index contributed by atoms with van der Waals surface area (Å²) in [6, 6.07) is 21.2. The Morgan fingerprint density at radius 3 is 2.45 bits per heavy atom. The lowest BCUT2D eigenvalue weighted by Crippen LogP contribution is -2.29. The highest BCUT2D eigenvalue weighted by Gasteiger charge is 2.22. The zero-order valence-corrected chi connectivity index (χ0v) is 18.9. The number of carbonyl (C=O) groups excluding carboxylic acids is 1. The molecule has 0 aromatic heterocycles. The monoisotopic (exact) mass is 468 g/mol. The number of para-hydroxylation sites is 1. The minimum Gasteiger partial charge on any atom is -0.492 e. The van der Waals surface area contributed by atoms with Crippen molar-refractivity contribution < 1.29 is 27.4 Å². The van der Waals surface area contributed by atoms with Gasteiger partial charge in [-0.15, -0.1) is 0 Å². The van der Waals surface area contributed by atoms with Crippen molar-refractivity contribution >= 4 is 21.6 Å². The Morgan fingerprint density at radius 2 is 1.73 bits per heavy atom. The SMILES string of the molecule is CS(=O)(=O)N(Cc1ccc(C(=O)NCCOc2ccccc2)cc1)c1ccc2c(c1)OCO2. The van der Waals surface area contributed by atoms with E-state index < -0.39 is 10.0 Å². The van der Waals surface area contributed by atoms with Crippen LogP contribution in [-0.4, -0.2) is 40.5 Å². The fourth-order valence-electron chi connectivity index (χ4n) is 3.32. The zero-order chi connectivity index (χ0) is 23.3. The molecule has 0 radical (unpaired) electrons. The third-order valence-electron chi connectivity index (χ3n) is 4.99. The van der Waals surface area contributed by atoms with Crippen LogP contribution in [0.3, 0.4) is 0 Å². The predicted molar refractivity (Wildman–Crippen MR) is 124 cm³/mol. The van der Waals surface area contributed by atoms with E-state index in [-0.39, 0.29) is 19.2 Å². The van der Waals surface area contributed by atoms with Crippen molar-refractivity contribution in [3.05, 3.63) is 83.9 Å². The average molecular weight is 469 g/mol. The number of hydrogen-bond acceptors (Lipinski definition) is 6. The van der Waals surface area contributed by atoms with Crippen molar-refractivity contribution in [1.82, 2.24) is 5.32 Å². The molecule has 0 unspecified atom stereocenters. The molecular formula is C24H24N2O6S. The lowest BCUT2D eigenvalue weighted by atomic mass is 10.1. The van der Waals surface area contributed by atoms with E-state index in [1.807, 2.05) is 30.3 Å². The molecule has 172 valence electrons. The Morgan fingerprint density at radius 1 is 1.00 bits per heavy atom. The molecule has 4 rings (SSSR count). The Balaban J connectivity index is 1.36. The van der Waals surface area contributed by atoms with Gasteiger partial charge < -0.3 is 19.5 Å². The van der Waals surface area contributed by atoms with Crippen molar-refractivity contribution in [3.63, 3.8) is 0 Å². The van der Waals surface area contributed by atoms with E-state index >= 15 is 0 Å². The van der Waals surface area contributed by atoms with E-state index in [1.165, 1.54) is 4.31 Å². The standard InChI is InChI=1S/C24H24N2O6S/c1-33(28,29)26(20-11-12-22-23(15-20)32-17-31-22)16-18-7-9-19(10-8-18)24(27)25-13-14-30-21-5-3-2-4-6-21/h2-12,15H,13-14,16-17H2,1H3,(H,25,27). The highest BCUT2D eigenvalue weighted by Crippen LogP contribution is 2.36. The lowest BCUT2D eigenvalue weighted by Gasteiger charge is -2.23. The number of nitrogens with zero attached hydrogens (tertiary/aromatic N) is 1. The summed E-state index contributed by atoms with van der Waals surface area (Å²) in [4.78, 5) is 12.4. The van der Waals surface area contributed by atoms with E-state index in [2.05, 4.69) is 5.32 Å². The minimum atomic E-state index is -3.55. The van der Waals surface area contributed by atoms with Crippen molar-refractivity contribution in [2.24, 2.45) is 0 Å². The van der Waals surface area contributed by atoms with Gasteiger partial charge in [0.25, 0.3) is 5.91 Å². The molecule has 0 saturated carbocycles. The molecule has 0 fully saturated rings. The molecular weight excluding hydrogens is 444 g/mol. The summed E-state index contributed by atoms with van der Waals surface area (Å²) in [5.74, 6) is 1.60. The topological polar surface area (TPSA) is 94.2 Å². The Kier molecular flexibility index (Phi) is 6.69. The number of benzene rings is 3. The van der Waals surface area contributed by atoms with Crippen LogP contribution in [0.1, 0.15) is 15.9 Å². The fourth-order valence-corrected chi connectivity index (χ4v) is 4.20. The van der Waals surface area contributed by atoms with Crippen molar-refractivity contribution in [2.75, 3.05) is 30.5 Å². The molecule has 8 nitrogen and oxygen atoms in total. The number of nitrogens with one attached hydrogen (secondary N) is 1. The minimum absolute atomic E-state index is 0.111. The summed E-state index contributed by atoms with van der Waals surface area (Å²) < 4.78 is 42.4. The first-order valence-corrected chi connectivity index (χ1v) is 12.2. The molecule has 1 heterocycles. The molecule has 3 aromatic rings. The van der Waals surface area contributed by atoms with Gasteiger partial charge in [0, 0.05) is 11.6 Å². The van der Waals surface area contributed by atoms with Gasteiger partial charge in [0.1, 0.15) is 12.4 Å². The molecule has 0 bridgehead atoms. The van der Waals surface area contributed by atoms with Crippen LogP contribution >= 0.6 is 0 Å². The quantitative estimate of drug-likeness (QED) is 0.485. The summed E-state index contributed by atoms with van der Waals surface area (Å²) in [6.07, 6.45) is 1.15. The van der Waals surface area contributed by atoms with Gasteiger partial charge in [-0.1, -0.05) is 30.3 Å². The second-order valence-electron chi connectivity index (χ2n) is 7.42. The molecule has 0 spiro atoms. The summed E-state index contributed by atoms with van der Waals surface area (Å²) in [6.45, 7) is 0.943. The molecule has 3 aromatic carbocycles. The number of carbonyl (C=O) groups is 1. The number of anilines is 1. The van der Waals surface area contributed by atoms with Crippen LogP contribution in [0.2, 0.25) is 0 Å². The van der Waals surface area contributed by atoms with Crippen molar-refractivity contribution in [1.29, 1.82) is 0 Å². The van der Waals surface area contributed by atoms with Gasteiger partial charge in [0.2, 0.25) is 16.8 Å². The number of amides is 1. The Hall–Kier alpha value is -3.72. The maximum atomic E-state index is 12.4. The Labute approximate surface area is 192 Å². The van der Waals surface area contributed by atoms with E-state index in [0.717, 1.165) is 17.6 Å². The van der Waals surface area contributed by atoms with Crippen LogP contribution in [0, 0.1) is 0 Å². The maximum Gasteiger partial charge on any atom is 0.251 e. The van der Waals surface area contributed by atoms with Gasteiger partial charge in [-0.25, -0.2) is 8.42 Å². The van der Waals surface area contributed by atoms with Gasteiger partial charge in [-0.05, 0) is 42.0 Å². The first kappa shape index (κ1) is 22.5. The maximum absolute atomic E-state index is 12.4. The van der Waals surface area contributed by atoms with Crippen LogP contribution in [0.15, 0.2) is 72.8 Å². The third-order valence-corrected chi connectivity index (χ3v) is 6.13. The molecule has 1 N–H and O–H groups in total. The van der Waals surface area contributed by atoms with Crippen LogP contribution in [-0.2, 0) is 16.6 Å². The molecule has 0 atom stereocenters. The van der Waals surface area contributed by atoms with E-state index in [4.69, 9.17) is 14.2 Å². The number of sulfonamides is 1. The summed E-state index contributed by atoms with van der Waals surface area (Å²) in [5, 5.41) is 2.81. The molecule has 1 aliphatic rings. The number of hydrogen-bond donors (Lipinski definition) is 1. The van der Waals surface area contributed by atoms with E-state index in [1.54, 1.807) is 42.5 Å². The second kappa shape index (κ2) is 9.83. The van der Waals surface area contributed by atoms with Crippen LogP contribution < -0.4 is 23.8 Å². The predicted octanol–water partition coefficient (Wildman–Crippen LogP) is 3.19. The summed E-state index contributed by atoms with van der Waals surface area (Å²) in [5.41, 5.74) is 1.69. The fraction of sp³-hybridized carbons (Fsp3) is 0.208. The number of ether oxygens (including phenoxy) is 3. The largest absolute Gasteiger partial charge is 0.492 e. The van der Waals surface area contributed by atoms with Gasteiger partial charge in [-0.2, -0.15) is 0 Å². The highest BCUT2D eigenvalue weighted by molar-refractivity contribution is 7.92. The van der Waals surface area contributed by atoms with Crippen LogP contribution in [0.4, 0.5) is 5.69 Å². The van der Waals surface area contributed by atoms with Crippen LogP contribution in [0.25, 0.3) is 0 Å². The first-order chi connectivity index (χ1) is 15.9. The first-order valence-electron chi connectivity index (χ1n) is 10.3. The van der Waals surface area contributed by atoms with Crippen LogP contribution in [0.5, 0.6) is 17.2 Å². The molecule has 9 heteroatoms. The van der Waals surface area contributed by atoms with Gasteiger partial charge in [0.05, 0.1) is 25.0 Å². The lowest BCUT2D eigenvalue weighted by molar-refractivity contribution is 0.0947. The smallest absolute Gasteiger partial charge is 0.251 e. The zero-order valence-electron chi connectivity index (χ0n) is 18.1. The van der Waals surface area contributed by atoms with Crippen molar-refractivity contribution in [3.8, 4) is 17.2 Å². The third kappa shape index (κ3) is 5.75. The van der Waals surface area contributed by atoms with Gasteiger partial charge >= 0.3 is 0 Å². The summed E-state index contributed by atoms with van der Waals surface area (Å²) in [7, 11) is -3.55. The van der Waals surface area contributed by atoms with Gasteiger partial charge in [-0.3, -0.25) is 9.10 Å². The summed E-state index contributed by atoms with van der Waals surface area (Å²) >= 11 is 0. The Bertz CT molecular complexity index is 1210. The molecule has 1 aliphatic heterocycles. The number of rotatable bonds is 9. The molecule has 0 aliphatic carbocycles. The van der Waals surface area contributed by atoms with E-state index in [9.17, 15) is 13.2 Å². The highest BCUT2D eigenvalue weighted by atomic mass is 32.2. The molecule has 0 saturated heterocycles. The number of fused-ring (bicyclic) bond motifs is 1. The van der Waals surface area contributed by atoms with Gasteiger partial charge in [0.15, 0.2) is 11.5 Å². The van der Waals surface area contributed by atoms with E-state index in [0.29, 0.717) is 35.9 Å². The average Bonchev–Trinajstić information content (AvgIpc) is 3.28. The molecule has 33 heavy (non-hydrogen) atoms. The molecule has 1 amide bonds. The van der Waals surface area contributed by atoms with Crippen molar-refractivity contribution in [2.45, 2.75) is 6.54 Å². The second-order valence-corrected chi connectivity index (χ2v) is 9.33.